The van der Waals surface area contributed by atoms with Crippen LogP contribution in [-0.4, -0.2) is 58.2 Å². The molecule has 7 heteroatoms. The van der Waals surface area contributed by atoms with E-state index in [-0.39, 0.29) is 5.91 Å². The highest BCUT2D eigenvalue weighted by atomic mass is 32.1. The lowest BCUT2D eigenvalue weighted by Gasteiger charge is -2.34. The number of carbonyl (C=O) groups is 1. The van der Waals surface area contributed by atoms with Gasteiger partial charge in [0.05, 0.1) is 18.8 Å². The normalized spacial score (nSPS) is 19.8. The number of amides is 1. The minimum atomic E-state index is 0.0658. The molecule has 3 heterocycles. The first-order chi connectivity index (χ1) is 12.8. The van der Waals surface area contributed by atoms with E-state index in [1.54, 1.807) is 17.5 Å². The molecule has 6 nitrogen and oxygen atoms in total. The molecule has 0 bridgehead atoms. The van der Waals surface area contributed by atoms with Gasteiger partial charge in [-0.25, -0.2) is 4.68 Å². The molecule has 1 saturated carbocycles. The maximum Gasteiger partial charge on any atom is 0.239 e. The molecule has 1 aliphatic heterocycles. The van der Waals surface area contributed by atoms with Gasteiger partial charge in [-0.3, -0.25) is 14.6 Å². The molecule has 0 aromatic carbocycles. The van der Waals surface area contributed by atoms with Gasteiger partial charge in [-0.1, -0.05) is 12.8 Å². The zero-order valence-electron chi connectivity index (χ0n) is 15.1. The van der Waals surface area contributed by atoms with Crippen LogP contribution < -0.4 is 5.32 Å². The number of nitrogens with one attached hydrogen (secondary N) is 1. The summed E-state index contributed by atoms with van der Waals surface area (Å²) in [6, 6.07) is 4.55. The van der Waals surface area contributed by atoms with Crippen LogP contribution in [0.3, 0.4) is 0 Å². The van der Waals surface area contributed by atoms with Crippen LogP contribution in [0.5, 0.6) is 0 Å². The zero-order chi connectivity index (χ0) is 17.8. The van der Waals surface area contributed by atoms with Gasteiger partial charge in [-0.2, -0.15) is 16.4 Å². The number of hydrogen-bond donors (Lipinski definition) is 1. The molecular formula is C19H27N5OS. The summed E-state index contributed by atoms with van der Waals surface area (Å²) < 4.78 is 2.00. The van der Waals surface area contributed by atoms with Crippen molar-refractivity contribution < 1.29 is 4.79 Å². The summed E-state index contributed by atoms with van der Waals surface area (Å²) in [5.74, 6) is 0.911. The summed E-state index contributed by atoms with van der Waals surface area (Å²) in [6.45, 7) is 5.40. The third-order valence-corrected chi connectivity index (χ3v) is 6.16. The van der Waals surface area contributed by atoms with E-state index in [0.29, 0.717) is 12.6 Å². The summed E-state index contributed by atoms with van der Waals surface area (Å²) in [6.07, 6.45) is 6.63. The predicted molar refractivity (Wildman–Crippen MR) is 104 cm³/mol. The Morgan fingerprint density at radius 3 is 2.65 bits per heavy atom. The maximum atomic E-state index is 12.5. The number of thiophene rings is 1. The second-order valence-electron chi connectivity index (χ2n) is 7.33. The molecule has 0 atom stereocenters. The largest absolute Gasteiger partial charge is 0.310 e. The smallest absolute Gasteiger partial charge is 0.239 e. The fraction of sp³-hybridized carbons (Fsp3) is 0.579. The van der Waals surface area contributed by atoms with E-state index in [1.807, 2.05) is 10.7 Å². The molecule has 0 spiro atoms. The van der Waals surface area contributed by atoms with Crippen LogP contribution in [0.15, 0.2) is 29.1 Å². The molecule has 140 valence electrons. The Labute approximate surface area is 158 Å². The lowest BCUT2D eigenvalue weighted by atomic mass is 10.2. The van der Waals surface area contributed by atoms with E-state index >= 15 is 0 Å². The number of anilines is 1. The van der Waals surface area contributed by atoms with Gasteiger partial charge >= 0.3 is 0 Å². The van der Waals surface area contributed by atoms with Gasteiger partial charge in [0.25, 0.3) is 0 Å². The van der Waals surface area contributed by atoms with E-state index in [0.717, 1.165) is 51.4 Å². The first kappa shape index (κ1) is 17.7. The number of aromatic nitrogens is 2. The Hall–Kier alpha value is -1.70. The van der Waals surface area contributed by atoms with Crippen LogP contribution in [0, 0.1) is 0 Å². The van der Waals surface area contributed by atoms with Gasteiger partial charge in [0, 0.05) is 38.8 Å². The van der Waals surface area contributed by atoms with Gasteiger partial charge < -0.3 is 5.32 Å². The van der Waals surface area contributed by atoms with Crippen molar-refractivity contribution in [2.45, 2.75) is 38.3 Å². The third kappa shape index (κ3) is 4.34. The molecule has 0 radical (unpaired) electrons. The van der Waals surface area contributed by atoms with Gasteiger partial charge in [0.2, 0.25) is 5.91 Å². The molecule has 0 unspecified atom stereocenters. The molecule has 2 fully saturated rings. The van der Waals surface area contributed by atoms with Crippen LogP contribution in [0.4, 0.5) is 5.82 Å². The molecule has 4 rings (SSSR count). The standard InChI is InChI=1S/C19H27N5OS/c25-19(21-18-5-7-20-24(18)17-3-1-2-4-17)14-23-10-8-22(9-11-23)13-16-6-12-26-15-16/h5-7,12,15,17H,1-4,8-11,13-14H2,(H,21,25). The summed E-state index contributed by atoms with van der Waals surface area (Å²) in [4.78, 5) is 17.2. The van der Waals surface area contributed by atoms with E-state index < -0.39 is 0 Å². The van der Waals surface area contributed by atoms with Crippen LogP contribution in [-0.2, 0) is 11.3 Å². The Morgan fingerprint density at radius 2 is 1.92 bits per heavy atom. The van der Waals surface area contributed by atoms with Crippen LogP contribution >= 0.6 is 11.3 Å². The Bertz CT molecular complexity index is 699. The van der Waals surface area contributed by atoms with Gasteiger partial charge in [0.1, 0.15) is 5.82 Å². The van der Waals surface area contributed by atoms with E-state index in [1.165, 1.54) is 18.4 Å². The van der Waals surface area contributed by atoms with Crippen LogP contribution in [0.1, 0.15) is 37.3 Å². The molecule has 1 saturated heterocycles. The Kier molecular flexibility index (Phi) is 5.67. The summed E-state index contributed by atoms with van der Waals surface area (Å²) in [7, 11) is 0. The number of rotatable bonds is 6. The van der Waals surface area contributed by atoms with E-state index in [9.17, 15) is 4.79 Å². The lowest BCUT2D eigenvalue weighted by Crippen LogP contribution is -2.48. The number of piperazine rings is 1. The van der Waals surface area contributed by atoms with Gasteiger partial charge in [-0.15, -0.1) is 0 Å². The Balaban J connectivity index is 1.24. The zero-order valence-corrected chi connectivity index (χ0v) is 16.0. The fourth-order valence-electron chi connectivity index (χ4n) is 3.98. The highest BCUT2D eigenvalue weighted by Crippen LogP contribution is 2.31. The summed E-state index contributed by atoms with van der Waals surface area (Å²) in [5.41, 5.74) is 1.39. The first-order valence-corrected chi connectivity index (χ1v) is 10.5. The minimum absolute atomic E-state index is 0.0658. The van der Waals surface area contributed by atoms with Crippen molar-refractivity contribution in [1.29, 1.82) is 0 Å². The molecule has 2 aliphatic rings. The maximum absolute atomic E-state index is 12.5. The fourth-order valence-corrected chi connectivity index (χ4v) is 4.64. The average Bonchev–Trinajstić information content (AvgIpc) is 3.38. The van der Waals surface area contributed by atoms with Crippen LogP contribution in [0.2, 0.25) is 0 Å². The second-order valence-corrected chi connectivity index (χ2v) is 8.11. The monoisotopic (exact) mass is 373 g/mol. The summed E-state index contributed by atoms with van der Waals surface area (Å²) >= 11 is 1.75. The van der Waals surface area contributed by atoms with Crippen molar-refractivity contribution in [3.8, 4) is 0 Å². The number of carbonyl (C=O) groups excluding carboxylic acids is 1. The topological polar surface area (TPSA) is 53.4 Å². The van der Waals surface area contributed by atoms with Crippen molar-refractivity contribution in [2.24, 2.45) is 0 Å². The number of hydrogen-bond acceptors (Lipinski definition) is 5. The molecule has 1 N–H and O–H groups in total. The molecule has 2 aromatic rings. The SMILES string of the molecule is O=C(CN1CCN(Cc2ccsc2)CC1)Nc1ccnn1C1CCCC1. The van der Waals surface area contributed by atoms with Crippen molar-refractivity contribution in [3.05, 3.63) is 34.7 Å². The lowest BCUT2D eigenvalue weighted by molar-refractivity contribution is -0.117. The first-order valence-electron chi connectivity index (χ1n) is 9.57. The Morgan fingerprint density at radius 1 is 1.15 bits per heavy atom. The highest BCUT2D eigenvalue weighted by Gasteiger charge is 2.22. The molecule has 2 aromatic heterocycles. The quantitative estimate of drug-likeness (QED) is 0.846. The van der Waals surface area contributed by atoms with Crippen molar-refractivity contribution in [3.63, 3.8) is 0 Å². The third-order valence-electron chi connectivity index (χ3n) is 5.43. The van der Waals surface area contributed by atoms with Crippen molar-refractivity contribution in [1.82, 2.24) is 19.6 Å². The van der Waals surface area contributed by atoms with Crippen molar-refractivity contribution in [2.75, 3.05) is 38.0 Å². The van der Waals surface area contributed by atoms with E-state index in [4.69, 9.17) is 0 Å². The second kappa shape index (κ2) is 8.33. The van der Waals surface area contributed by atoms with E-state index in [2.05, 4.69) is 37.0 Å². The van der Waals surface area contributed by atoms with Gasteiger partial charge in [-0.05, 0) is 35.2 Å². The average molecular weight is 374 g/mol. The predicted octanol–water partition coefficient (Wildman–Crippen LogP) is 2.82. The molecule has 26 heavy (non-hydrogen) atoms. The van der Waals surface area contributed by atoms with Crippen molar-refractivity contribution >= 4 is 23.1 Å². The van der Waals surface area contributed by atoms with Crippen LogP contribution in [0.25, 0.3) is 0 Å². The number of nitrogens with zero attached hydrogens (tertiary/aromatic N) is 4. The molecular weight excluding hydrogens is 346 g/mol. The molecule has 1 amide bonds. The minimum Gasteiger partial charge on any atom is -0.310 e. The highest BCUT2D eigenvalue weighted by molar-refractivity contribution is 7.07. The molecule has 1 aliphatic carbocycles. The summed E-state index contributed by atoms with van der Waals surface area (Å²) in [5, 5.41) is 11.8. The van der Waals surface area contributed by atoms with Gasteiger partial charge in [0.15, 0.2) is 0 Å².